The number of carbonyl (C=O) groups is 1. The van der Waals surface area contributed by atoms with E-state index in [0.717, 1.165) is 35.0 Å². The van der Waals surface area contributed by atoms with Crippen LogP contribution in [0.25, 0.3) is 0 Å². The maximum atomic E-state index is 12.7. The fourth-order valence-electron chi connectivity index (χ4n) is 3.82. The van der Waals surface area contributed by atoms with Crippen LogP contribution >= 0.6 is 23.1 Å². The summed E-state index contributed by atoms with van der Waals surface area (Å²) in [6.45, 7) is 3.28. The minimum absolute atomic E-state index is 0.00286. The quantitative estimate of drug-likeness (QED) is 0.726. The summed E-state index contributed by atoms with van der Waals surface area (Å²) in [5.74, 6) is 0.607. The van der Waals surface area contributed by atoms with Crippen LogP contribution in [0.4, 0.5) is 5.69 Å². The van der Waals surface area contributed by atoms with Crippen molar-refractivity contribution in [2.75, 3.05) is 30.6 Å². The highest BCUT2D eigenvalue weighted by Gasteiger charge is 2.35. The Morgan fingerprint density at radius 1 is 1.21 bits per heavy atom. The van der Waals surface area contributed by atoms with Crippen molar-refractivity contribution < 1.29 is 13.2 Å². The van der Waals surface area contributed by atoms with Gasteiger partial charge in [-0.15, -0.1) is 11.3 Å². The molecule has 2 aromatic rings. The zero-order valence-electron chi connectivity index (χ0n) is 15.6. The summed E-state index contributed by atoms with van der Waals surface area (Å²) >= 11 is 2.98. The molecule has 28 heavy (non-hydrogen) atoms. The molecular formula is C19H23N3O3S3. The van der Waals surface area contributed by atoms with Crippen LogP contribution in [-0.4, -0.2) is 51.2 Å². The van der Waals surface area contributed by atoms with Gasteiger partial charge in [-0.25, -0.2) is 8.42 Å². The summed E-state index contributed by atoms with van der Waals surface area (Å²) in [6.07, 6.45) is 3.48. The highest BCUT2D eigenvalue weighted by Crippen LogP contribution is 2.35. The normalized spacial score (nSPS) is 24.1. The van der Waals surface area contributed by atoms with E-state index in [-0.39, 0.29) is 11.9 Å². The van der Waals surface area contributed by atoms with Crippen molar-refractivity contribution >= 4 is 44.7 Å². The van der Waals surface area contributed by atoms with Crippen molar-refractivity contribution in [3.05, 3.63) is 41.3 Å². The van der Waals surface area contributed by atoms with Gasteiger partial charge in [0.1, 0.15) is 0 Å². The van der Waals surface area contributed by atoms with E-state index in [9.17, 15) is 13.2 Å². The molecule has 4 heterocycles. The molecule has 6 nitrogen and oxygen atoms in total. The van der Waals surface area contributed by atoms with Crippen molar-refractivity contribution in [2.24, 2.45) is 5.92 Å². The van der Waals surface area contributed by atoms with E-state index >= 15 is 0 Å². The first-order valence-electron chi connectivity index (χ1n) is 9.24. The Morgan fingerprint density at radius 3 is 2.68 bits per heavy atom. The fourth-order valence-corrected chi connectivity index (χ4v) is 6.44. The molecule has 1 aromatic heterocycles. The number of nitrogens with zero attached hydrogens (tertiary/aromatic N) is 1. The van der Waals surface area contributed by atoms with Crippen LogP contribution in [0.2, 0.25) is 0 Å². The fraction of sp³-hybridized carbons (Fsp3) is 0.421. The Bertz CT molecular complexity index is 966. The monoisotopic (exact) mass is 437 g/mol. The number of anilines is 1. The number of rotatable bonds is 6. The number of amides is 1. The second-order valence-electron chi connectivity index (χ2n) is 7.34. The molecule has 1 atom stereocenters. The number of thiophene rings is 1. The molecule has 1 unspecified atom stereocenters. The number of fused-ring (bicyclic) bond motifs is 3. The van der Waals surface area contributed by atoms with Gasteiger partial charge in [0.15, 0.2) is 0 Å². The molecule has 0 radical (unpaired) electrons. The van der Waals surface area contributed by atoms with Crippen molar-refractivity contribution in [1.29, 1.82) is 0 Å². The second kappa shape index (κ2) is 8.06. The molecule has 9 heteroatoms. The van der Waals surface area contributed by atoms with Gasteiger partial charge in [0.05, 0.1) is 15.3 Å². The van der Waals surface area contributed by atoms with E-state index < -0.39 is 10.0 Å². The molecule has 3 aliphatic heterocycles. The van der Waals surface area contributed by atoms with Crippen molar-refractivity contribution in [1.82, 2.24) is 10.2 Å². The van der Waals surface area contributed by atoms with Crippen molar-refractivity contribution in [3.8, 4) is 0 Å². The van der Waals surface area contributed by atoms with Gasteiger partial charge in [-0.3, -0.25) is 9.52 Å². The van der Waals surface area contributed by atoms with E-state index in [2.05, 4.69) is 14.9 Å². The first-order valence-corrected chi connectivity index (χ1v) is 12.8. The standard InChI is InChI=1S/C19H23N3O3S3/c1-28(24,25)21-14-3-2-4-15(11-14)26-18-6-5-17(27-18)19(23)20-16-12-22-9-7-13(16)8-10-22/h2-6,11,13,16,21H,7-10,12H2,1H3,(H,20,23). The molecule has 3 saturated heterocycles. The van der Waals surface area contributed by atoms with Crippen LogP contribution in [-0.2, 0) is 10.0 Å². The molecule has 2 N–H and O–H groups in total. The number of nitrogens with one attached hydrogen (secondary N) is 2. The van der Waals surface area contributed by atoms with Crippen LogP contribution in [0, 0.1) is 5.92 Å². The molecule has 3 aliphatic rings. The smallest absolute Gasteiger partial charge is 0.261 e. The average Bonchev–Trinajstić information content (AvgIpc) is 3.10. The molecule has 1 aromatic carbocycles. The SMILES string of the molecule is CS(=O)(=O)Nc1cccc(Sc2ccc(C(=O)NC3CN4CCC3CC4)s2)c1. The van der Waals surface area contributed by atoms with E-state index in [1.165, 1.54) is 35.9 Å². The van der Waals surface area contributed by atoms with Gasteiger partial charge in [-0.2, -0.15) is 0 Å². The minimum atomic E-state index is -3.30. The van der Waals surface area contributed by atoms with E-state index in [4.69, 9.17) is 0 Å². The Hall–Kier alpha value is -1.55. The number of hydrogen-bond acceptors (Lipinski definition) is 6. The topological polar surface area (TPSA) is 78.5 Å². The summed E-state index contributed by atoms with van der Waals surface area (Å²) in [6, 6.07) is 11.3. The molecule has 150 valence electrons. The number of sulfonamides is 1. The average molecular weight is 438 g/mol. The summed E-state index contributed by atoms with van der Waals surface area (Å²) in [4.78, 5) is 16.7. The molecule has 3 fully saturated rings. The van der Waals surface area contributed by atoms with Gasteiger partial charge < -0.3 is 10.2 Å². The molecule has 0 aliphatic carbocycles. The van der Waals surface area contributed by atoms with Crippen molar-refractivity contribution in [3.63, 3.8) is 0 Å². The zero-order chi connectivity index (χ0) is 19.7. The van der Waals surface area contributed by atoms with Crippen molar-refractivity contribution in [2.45, 2.75) is 28.0 Å². The molecular weight excluding hydrogens is 414 g/mol. The highest BCUT2D eigenvalue weighted by atomic mass is 32.2. The van der Waals surface area contributed by atoms with Gasteiger partial charge in [0, 0.05) is 23.2 Å². The lowest BCUT2D eigenvalue weighted by molar-refractivity contribution is 0.0622. The number of piperidine rings is 3. The lowest BCUT2D eigenvalue weighted by Gasteiger charge is -2.44. The Morgan fingerprint density at radius 2 is 2.00 bits per heavy atom. The third kappa shape index (κ3) is 4.89. The molecule has 2 bridgehead atoms. The number of carbonyl (C=O) groups excluding carboxylic acids is 1. The second-order valence-corrected chi connectivity index (χ2v) is 11.5. The van der Waals surface area contributed by atoms with E-state index in [1.807, 2.05) is 24.3 Å². The van der Waals surface area contributed by atoms with Crippen LogP contribution in [0.3, 0.4) is 0 Å². The largest absolute Gasteiger partial charge is 0.347 e. The lowest BCUT2D eigenvalue weighted by atomic mass is 9.84. The third-order valence-corrected chi connectivity index (χ3v) is 7.95. The predicted octanol–water partition coefficient (Wildman–Crippen LogP) is 3.09. The Labute approximate surface area is 173 Å². The molecule has 0 spiro atoms. The number of hydrogen-bond donors (Lipinski definition) is 2. The van der Waals surface area contributed by atoms with Crippen LogP contribution in [0.15, 0.2) is 45.5 Å². The van der Waals surface area contributed by atoms with Gasteiger partial charge in [0.2, 0.25) is 10.0 Å². The van der Waals surface area contributed by atoms with E-state index in [1.54, 1.807) is 12.1 Å². The molecule has 5 rings (SSSR count). The summed E-state index contributed by atoms with van der Waals surface area (Å²) < 4.78 is 26.3. The zero-order valence-corrected chi connectivity index (χ0v) is 18.0. The van der Waals surface area contributed by atoms with Crippen LogP contribution in [0.1, 0.15) is 22.5 Å². The molecule has 0 saturated carbocycles. The first-order chi connectivity index (χ1) is 13.4. The lowest BCUT2D eigenvalue weighted by Crippen LogP contribution is -2.57. The van der Waals surface area contributed by atoms with E-state index in [0.29, 0.717) is 16.5 Å². The van der Waals surface area contributed by atoms with Crippen LogP contribution in [0.5, 0.6) is 0 Å². The first kappa shape index (κ1) is 19.8. The van der Waals surface area contributed by atoms with Gasteiger partial charge in [0.25, 0.3) is 5.91 Å². The van der Waals surface area contributed by atoms with Gasteiger partial charge in [-0.1, -0.05) is 17.8 Å². The highest BCUT2D eigenvalue weighted by molar-refractivity contribution is 8.01. The Balaban J connectivity index is 1.39. The summed E-state index contributed by atoms with van der Waals surface area (Å²) in [5.41, 5.74) is 0.532. The minimum Gasteiger partial charge on any atom is -0.347 e. The van der Waals surface area contributed by atoms with Gasteiger partial charge >= 0.3 is 0 Å². The maximum Gasteiger partial charge on any atom is 0.261 e. The summed E-state index contributed by atoms with van der Waals surface area (Å²) in [7, 11) is -3.30. The summed E-state index contributed by atoms with van der Waals surface area (Å²) in [5, 5.41) is 3.22. The van der Waals surface area contributed by atoms with Crippen LogP contribution < -0.4 is 10.0 Å². The maximum absolute atomic E-state index is 12.7. The third-order valence-electron chi connectivity index (χ3n) is 5.13. The number of benzene rings is 1. The molecule has 1 amide bonds. The predicted molar refractivity (Wildman–Crippen MR) is 114 cm³/mol. The van der Waals surface area contributed by atoms with Gasteiger partial charge in [-0.05, 0) is 62.2 Å². The Kier molecular flexibility index (Phi) is 5.69.